The molecule has 1 aromatic heterocycles. The maximum absolute atomic E-state index is 6.68. The Bertz CT molecular complexity index is 1210. The lowest BCUT2D eigenvalue weighted by Gasteiger charge is -2.29. The van der Waals surface area contributed by atoms with Crippen molar-refractivity contribution in [2.24, 2.45) is 23.5 Å². The molecule has 2 aliphatic rings. The zero-order chi connectivity index (χ0) is 24.9. The number of benzene rings is 2. The number of aromatic nitrogens is 1. The molecule has 0 amide bonds. The summed E-state index contributed by atoms with van der Waals surface area (Å²) >= 11 is 5.98. The molecule has 186 valence electrons. The summed E-state index contributed by atoms with van der Waals surface area (Å²) in [6.45, 7) is 2.82. The maximum Gasteiger partial charge on any atom is 0.122 e. The predicted octanol–water partition coefficient (Wildman–Crippen LogP) is 7.42. The van der Waals surface area contributed by atoms with Crippen LogP contribution in [-0.2, 0) is 0 Å². The molecule has 36 heavy (non-hydrogen) atoms. The molecule has 0 spiro atoms. The number of ether oxygens (including phenoxy) is 1. The van der Waals surface area contributed by atoms with Gasteiger partial charge >= 0.3 is 0 Å². The van der Waals surface area contributed by atoms with Gasteiger partial charge in [-0.1, -0.05) is 61.4 Å². The van der Waals surface area contributed by atoms with Crippen molar-refractivity contribution in [2.75, 3.05) is 6.61 Å². The Hall–Kier alpha value is -2.80. The van der Waals surface area contributed by atoms with E-state index in [1.165, 1.54) is 38.5 Å². The average Bonchev–Trinajstić information content (AvgIpc) is 3.61. The summed E-state index contributed by atoms with van der Waals surface area (Å²) in [7, 11) is 0. The van der Waals surface area contributed by atoms with Gasteiger partial charge < -0.3 is 10.5 Å². The SMILES string of the molecule is Cc1cc(C#Cc2ccc(-c3ccc(Cl)cc3)cn2)ccc1OCCC(C1CCCC1)C(N)C1CC1. The first-order valence-electron chi connectivity index (χ1n) is 13.3. The molecule has 1 heterocycles. The second kappa shape index (κ2) is 11.5. The fourth-order valence-electron chi connectivity index (χ4n) is 5.57. The van der Waals surface area contributed by atoms with Gasteiger partial charge in [-0.05, 0) is 97.4 Å². The summed E-state index contributed by atoms with van der Waals surface area (Å²) in [5, 5.41) is 0.729. The number of nitrogens with zero attached hydrogens (tertiary/aromatic N) is 1. The van der Waals surface area contributed by atoms with Crippen LogP contribution in [0, 0.1) is 36.5 Å². The van der Waals surface area contributed by atoms with Crippen molar-refractivity contribution in [3.8, 4) is 28.7 Å². The number of nitrogens with two attached hydrogens (primary N) is 1. The molecule has 2 aliphatic carbocycles. The Morgan fingerprint density at radius 2 is 1.69 bits per heavy atom. The van der Waals surface area contributed by atoms with Crippen molar-refractivity contribution in [3.63, 3.8) is 0 Å². The summed E-state index contributed by atoms with van der Waals surface area (Å²) in [6.07, 6.45) is 11.0. The minimum atomic E-state index is 0.351. The smallest absolute Gasteiger partial charge is 0.122 e. The van der Waals surface area contributed by atoms with E-state index in [0.717, 1.165) is 63.6 Å². The first-order chi connectivity index (χ1) is 17.6. The predicted molar refractivity (Wildman–Crippen MR) is 148 cm³/mol. The third kappa shape index (κ3) is 6.30. The van der Waals surface area contributed by atoms with Crippen LogP contribution in [0.25, 0.3) is 11.1 Å². The third-order valence-corrected chi connectivity index (χ3v) is 8.08. The van der Waals surface area contributed by atoms with Crippen molar-refractivity contribution in [3.05, 3.63) is 82.6 Å². The molecule has 5 rings (SSSR count). The Balaban J connectivity index is 1.18. The normalized spacial score (nSPS) is 17.3. The number of aryl methyl sites for hydroxylation is 1. The van der Waals surface area contributed by atoms with Gasteiger partial charge in [0.05, 0.1) is 6.61 Å². The standard InChI is InChI=1S/C32H35ClN2O/c1-22-20-23(6-15-29-16-12-27(21-35-29)24-10-13-28(33)14-11-24)7-17-31(22)36-19-18-30(25-4-2-3-5-25)32(34)26-8-9-26/h7,10-14,16-17,20-21,25-26,30,32H,2-5,8-9,18-19,34H2,1H3. The molecule has 2 atom stereocenters. The van der Waals surface area contributed by atoms with Crippen LogP contribution < -0.4 is 10.5 Å². The van der Waals surface area contributed by atoms with Crippen LogP contribution in [-0.4, -0.2) is 17.6 Å². The Labute approximate surface area is 220 Å². The lowest BCUT2D eigenvalue weighted by Crippen LogP contribution is -2.37. The molecule has 2 unspecified atom stereocenters. The quantitative estimate of drug-likeness (QED) is 0.328. The highest BCUT2D eigenvalue weighted by molar-refractivity contribution is 6.30. The molecule has 2 saturated carbocycles. The van der Waals surface area contributed by atoms with Crippen LogP contribution in [0.15, 0.2) is 60.8 Å². The van der Waals surface area contributed by atoms with Crippen LogP contribution in [0.2, 0.25) is 5.02 Å². The molecule has 0 saturated heterocycles. The molecule has 2 N–H and O–H groups in total. The Morgan fingerprint density at radius 3 is 2.36 bits per heavy atom. The van der Waals surface area contributed by atoms with Crippen LogP contribution in [0.3, 0.4) is 0 Å². The number of hydrogen-bond donors (Lipinski definition) is 1. The minimum absolute atomic E-state index is 0.351. The molecule has 2 fully saturated rings. The van der Waals surface area contributed by atoms with E-state index in [1.54, 1.807) is 0 Å². The van der Waals surface area contributed by atoms with E-state index in [1.807, 2.05) is 54.7 Å². The van der Waals surface area contributed by atoms with E-state index in [0.29, 0.717) is 12.0 Å². The molecular weight excluding hydrogens is 464 g/mol. The summed E-state index contributed by atoms with van der Waals surface area (Å²) in [4.78, 5) is 4.51. The Morgan fingerprint density at radius 1 is 0.944 bits per heavy atom. The molecule has 0 radical (unpaired) electrons. The highest BCUT2D eigenvalue weighted by Crippen LogP contribution is 2.42. The molecule has 0 bridgehead atoms. The van der Waals surface area contributed by atoms with Gasteiger partial charge in [-0.2, -0.15) is 0 Å². The van der Waals surface area contributed by atoms with Gasteiger partial charge in [-0.15, -0.1) is 0 Å². The molecule has 2 aromatic carbocycles. The second-order valence-electron chi connectivity index (χ2n) is 10.4. The van der Waals surface area contributed by atoms with E-state index >= 15 is 0 Å². The average molecular weight is 499 g/mol. The van der Waals surface area contributed by atoms with Gasteiger partial charge in [0.15, 0.2) is 0 Å². The maximum atomic E-state index is 6.68. The van der Waals surface area contributed by atoms with Crippen LogP contribution >= 0.6 is 11.6 Å². The summed E-state index contributed by atoms with van der Waals surface area (Å²) in [5.41, 5.74) is 11.6. The first-order valence-corrected chi connectivity index (χ1v) is 13.7. The number of pyridine rings is 1. The van der Waals surface area contributed by atoms with Gasteiger partial charge in [0.2, 0.25) is 0 Å². The van der Waals surface area contributed by atoms with Crippen LogP contribution in [0.5, 0.6) is 5.75 Å². The molecule has 3 nitrogen and oxygen atoms in total. The minimum Gasteiger partial charge on any atom is -0.493 e. The fraction of sp³-hybridized carbons (Fsp3) is 0.406. The van der Waals surface area contributed by atoms with E-state index < -0.39 is 0 Å². The van der Waals surface area contributed by atoms with Crippen molar-refractivity contribution in [2.45, 2.75) is 57.9 Å². The third-order valence-electron chi connectivity index (χ3n) is 7.83. The second-order valence-corrected chi connectivity index (χ2v) is 10.9. The van der Waals surface area contributed by atoms with Crippen LogP contribution in [0.1, 0.15) is 61.8 Å². The van der Waals surface area contributed by atoms with E-state index in [-0.39, 0.29) is 0 Å². The first kappa shape index (κ1) is 24.9. The van der Waals surface area contributed by atoms with Crippen molar-refractivity contribution >= 4 is 11.6 Å². The van der Waals surface area contributed by atoms with E-state index in [4.69, 9.17) is 22.1 Å². The topological polar surface area (TPSA) is 48.1 Å². The van der Waals surface area contributed by atoms with Gasteiger partial charge in [0, 0.05) is 28.4 Å². The lowest BCUT2D eigenvalue weighted by atomic mass is 9.81. The number of rotatable bonds is 8. The highest BCUT2D eigenvalue weighted by atomic mass is 35.5. The largest absolute Gasteiger partial charge is 0.493 e. The number of halogens is 1. The van der Waals surface area contributed by atoms with Gasteiger partial charge in [-0.25, -0.2) is 4.98 Å². The molecule has 0 aliphatic heterocycles. The van der Waals surface area contributed by atoms with Gasteiger partial charge in [-0.3, -0.25) is 0 Å². The summed E-state index contributed by atoms with van der Waals surface area (Å²) in [5.74, 6) is 9.50. The molecule has 4 heteroatoms. The van der Waals surface area contributed by atoms with Crippen molar-refractivity contribution < 1.29 is 4.74 Å². The number of hydrogen-bond acceptors (Lipinski definition) is 3. The molecular formula is C32H35ClN2O. The lowest BCUT2D eigenvalue weighted by molar-refractivity contribution is 0.198. The monoisotopic (exact) mass is 498 g/mol. The van der Waals surface area contributed by atoms with Crippen LogP contribution in [0.4, 0.5) is 0 Å². The fourth-order valence-corrected chi connectivity index (χ4v) is 5.70. The van der Waals surface area contributed by atoms with E-state index in [9.17, 15) is 0 Å². The van der Waals surface area contributed by atoms with Gasteiger partial charge in [0.1, 0.15) is 11.4 Å². The highest BCUT2D eigenvalue weighted by Gasteiger charge is 2.38. The van der Waals surface area contributed by atoms with Gasteiger partial charge in [0.25, 0.3) is 0 Å². The Kier molecular flexibility index (Phi) is 7.95. The zero-order valence-corrected chi connectivity index (χ0v) is 21.8. The summed E-state index contributed by atoms with van der Waals surface area (Å²) in [6, 6.07) is 18.3. The van der Waals surface area contributed by atoms with E-state index in [2.05, 4.69) is 29.8 Å². The van der Waals surface area contributed by atoms with Crippen molar-refractivity contribution in [1.29, 1.82) is 0 Å². The molecule has 3 aromatic rings. The van der Waals surface area contributed by atoms with Crippen molar-refractivity contribution in [1.82, 2.24) is 4.98 Å². The summed E-state index contributed by atoms with van der Waals surface area (Å²) < 4.78 is 6.23. The zero-order valence-electron chi connectivity index (χ0n) is 21.1.